The fraction of sp³-hybridized carbons (Fsp3) is 0.235. The molecule has 0 spiro atoms. The van der Waals surface area contributed by atoms with Crippen molar-refractivity contribution in [2.45, 2.75) is 12.5 Å². The third-order valence-corrected chi connectivity index (χ3v) is 4.92. The van der Waals surface area contributed by atoms with Gasteiger partial charge in [0.25, 0.3) is 5.91 Å². The number of halogens is 1. The van der Waals surface area contributed by atoms with Gasteiger partial charge in [-0.1, -0.05) is 22.9 Å². The summed E-state index contributed by atoms with van der Waals surface area (Å²) in [6.07, 6.45) is 2.31. The Bertz CT molecular complexity index is 924. The van der Waals surface area contributed by atoms with Crippen LogP contribution in [0.25, 0.3) is 10.2 Å². The van der Waals surface area contributed by atoms with Gasteiger partial charge in [-0.05, 0) is 30.3 Å². The summed E-state index contributed by atoms with van der Waals surface area (Å²) >= 11 is 7.35. The number of anilines is 1. The van der Waals surface area contributed by atoms with Crippen molar-refractivity contribution in [1.82, 2.24) is 9.97 Å². The fourth-order valence-corrected chi connectivity index (χ4v) is 3.67. The summed E-state index contributed by atoms with van der Waals surface area (Å²) in [6.45, 7) is 1.17. The zero-order valence-corrected chi connectivity index (χ0v) is 14.6. The minimum Gasteiger partial charge on any atom is -0.471 e. The zero-order valence-electron chi connectivity index (χ0n) is 13.1. The Labute approximate surface area is 152 Å². The van der Waals surface area contributed by atoms with Crippen LogP contribution in [0.3, 0.4) is 0 Å². The van der Waals surface area contributed by atoms with Gasteiger partial charge in [-0.2, -0.15) is 0 Å². The van der Waals surface area contributed by atoms with Gasteiger partial charge in [-0.3, -0.25) is 10.1 Å². The molecule has 1 amide bonds. The van der Waals surface area contributed by atoms with Gasteiger partial charge in [0.05, 0.1) is 23.4 Å². The third kappa shape index (κ3) is 3.58. The summed E-state index contributed by atoms with van der Waals surface area (Å²) in [6, 6.07) is 8.79. The molecule has 1 fully saturated rings. The van der Waals surface area contributed by atoms with Gasteiger partial charge in [0.2, 0.25) is 5.88 Å². The standard InChI is InChI=1S/C17H14ClN3O3S/c18-10-3-4-13-14(8-10)25-17(20-13)21-15(22)12-2-1-6-19-16(12)24-11-5-7-23-9-11/h1-4,6,8,11H,5,7,9H2,(H,20,21,22)/t11-/m1/s1. The number of amides is 1. The molecular formula is C17H14ClN3O3S. The number of carbonyl (C=O) groups is 1. The topological polar surface area (TPSA) is 73.3 Å². The number of rotatable bonds is 4. The van der Waals surface area contributed by atoms with Crippen LogP contribution in [0.2, 0.25) is 5.02 Å². The fourth-order valence-electron chi connectivity index (χ4n) is 2.54. The number of hydrogen-bond donors (Lipinski definition) is 1. The Morgan fingerprint density at radius 2 is 2.32 bits per heavy atom. The average molecular weight is 376 g/mol. The second-order valence-corrected chi connectivity index (χ2v) is 7.01. The molecule has 128 valence electrons. The van der Waals surface area contributed by atoms with Crippen LogP contribution >= 0.6 is 22.9 Å². The lowest BCUT2D eigenvalue weighted by atomic mass is 10.2. The molecular weight excluding hydrogens is 362 g/mol. The summed E-state index contributed by atoms with van der Waals surface area (Å²) in [7, 11) is 0. The second kappa shape index (κ2) is 6.95. The highest BCUT2D eigenvalue weighted by Gasteiger charge is 2.22. The molecule has 0 radical (unpaired) electrons. The van der Waals surface area contributed by atoms with Crippen LogP contribution in [0.1, 0.15) is 16.8 Å². The van der Waals surface area contributed by atoms with E-state index in [2.05, 4.69) is 15.3 Å². The Balaban J connectivity index is 1.55. The highest BCUT2D eigenvalue weighted by atomic mass is 35.5. The van der Waals surface area contributed by atoms with Crippen molar-refractivity contribution in [3.05, 3.63) is 47.1 Å². The summed E-state index contributed by atoms with van der Waals surface area (Å²) in [5.41, 5.74) is 1.15. The second-order valence-electron chi connectivity index (χ2n) is 5.54. The van der Waals surface area contributed by atoms with E-state index in [0.717, 1.165) is 16.6 Å². The number of ether oxygens (including phenoxy) is 2. The van der Waals surface area contributed by atoms with E-state index in [4.69, 9.17) is 21.1 Å². The number of benzene rings is 1. The first-order valence-electron chi connectivity index (χ1n) is 7.76. The highest BCUT2D eigenvalue weighted by Crippen LogP contribution is 2.29. The van der Waals surface area contributed by atoms with Gasteiger partial charge >= 0.3 is 0 Å². The number of aromatic nitrogens is 2. The molecule has 4 rings (SSSR count). The highest BCUT2D eigenvalue weighted by molar-refractivity contribution is 7.22. The Morgan fingerprint density at radius 3 is 3.16 bits per heavy atom. The maximum Gasteiger partial charge on any atom is 0.262 e. The first kappa shape index (κ1) is 16.3. The van der Waals surface area contributed by atoms with Crippen molar-refractivity contribution < 1.29 is 14.3 Å². The van der Waals surface area contributed by atoms with E-state index >= 15 is 0 Å². The van der Waals surface area contributed by atoms with Gasteiger partial charge in [0.1, 0.15) is 11.7 Å². The van der Waals surface area contributed by atoms with E-state index in [9.17, 15) is 4.79 Å². The third-order valence-electron chi connectivity index (χ3n) is 3.75. The largest absolute Gasteiger partial charge is 0.471 e. The number of hydrogen-bond acceptors (Lipinski definition) is 6. The Kier molecular flexibility index (Phi) is 4.52. The molecule has 3 heterocycles. The SMILES string of the molecule is O=C(Nc1nc2ccc(Cl)cc2s1)c1cccnc1O[C@@H]1CCOC1. The van der Waals surface area contributed by atoms with Crippen LogP contribution in [0.4, 0.5) is 5.13 Å². The maximum absolute atomic E-state index is 12.6. The van der Waals surface area contributed by atoms with Crippen LogP contribution in [-0.4, -0.2) is 35.2 Å². The van der Waals surface area contributed by atoms with Gasteiger partial charge in [0, 0.05) is 17.6 Å². The zero-order chi connectivity index (χ0) is 17.2. The van der Waals surface area contributed by atoms with Crippen LogP contribution < -0.4 is 10.1 Å². The minimum atomic E-state index is -0.313. The normalized spacial score (nSPS) is 16.9. The number of fused-ring (bicyclic) bond motifs is 1. The quantitative estimate of drug-likeness (QED) is 0.751. The van der Waals surface area contributed by atoms with Crippen molar-refractivity contribution in [2.75, 3.05) is 18.5 Å². The van der Waals surface area contributed by atoms with E-state index in [1.807, 2.05) is 12.1 Å². The van der Waals surface area contributed by atoms with E-state index in [1.54, 1.807) is 24.4 Å². The van der Waals surface area contributed by atoms with Gasteiger partial charge < -0.3 is 9.47 Å². The van der Waals surface area contributed by atoms with Gasteiger partial charge in [0.15, 0.2) is 5.13 Å². The van der Waals surface area contributed by atoms with E-state index < -0.39 is 0 Å². The molecule has 1 aliphatic rings. The molecule has 1 saturated heterocycles. The molecule has 1 aliphatic heterocycles. The molecule has 0 unspecified atom stereocenters. The monoisotopic (exact) mass is 375 g/mol. The molecule has 6 nitrogen and oxygen atoms in total. The van der Waals surface area contributed by atoms with E-state index in [-0.39, 0.29) is 12.0 Å². The lowest BCUT2D eigenvalue weighted by Gasteiger charge is -2.13. The molecule has 1 aromatic carbocycles. The van der Waals surface area contributed by atoms with Gasteiger partial charge in [-0.15, -0.1) is 0 Å². The molecule has 8 heteroatoms. The average Bonchev–Trinajstić information content (AvgIpc) is 3.24. The van der Waals surface area contributed by atoms with Crippen LogP contribution in [0, 0.1) is 0 Å². The molecule has 0 aliphatic carbocycles. The van der Waals surface area contributed by atoms with Crippen molar-refractivity contribution in [2.24, 2.45) is 0 Å². The van der Waals surface area contributed by atoms with Crippen molar-refractivity contribution in [3.63, 3.8) is 0 Å². The Morgan fingerprint density at radius 1 is 1.40 bits per heavy atom. The predicted molar refractivity (Wildman–Crippen MR) is 96.7 cm³/mol. The van der Waals surface area contributed by atoms with E-state index in [0.29, 0.717) is 34.8 Å². The van der Waals surface area contributed by atoms with E-state index in [1.165, 1.54) is 11.3 Å². The van der Waals surface area contributed by atoms with Crippen LogP contribution in [-0.2, 0) is 4.74 Å². The van der Waals surface area contributed by atoms with Crippen LogP contribution in [0.15, 0.2) is 36.5 Å². The molecule has 25 heavy (non-hydrogen) atoms. The number of nitrogens with one attached hydrogen (secondary N) is 1. The Hall–Kier alpha value is -2.22. The summed E-state index contributed by atoms with van der Waals surface area (Å²) < 4.78 is 12.0. The molecule has 0 bridgehead atoms. The molecule has 1 N–H and O–H groups in total. The number of carbonyl (C=O) groups excluding carboxylic acids is 1. The van der Waals surface area contributed by atoms with Crippen molar-refractivity contribution >= 4 is 44.2 Å². The number of thiazole rings is 1. The van der Waals surface area contributed by atoms with Gasteiger partial charge in [-0.25, -0.2) is 9.97 Å². The van der Waals surface area contributed by atoms with Crippen molar-refractivity contribution in [1.29, 1.82) is 0 Å². The molecule has 2 aromatic heterocycles. The first-order valence-corrected chi connectivity index (χ1v) is 8.95. The summed E-state index contributed by atoms with van der Waals surface area (Å²) in [5, 5.41) is 3.94. The summed E-state index contributed by atoms with van der Waals surface area (Å²) in [4.78, 5) is 21.2. The predicted octanol–water partition coefficient (Wildman–Crippen LogP) is 3.76. The lowest BCUT2D eigenvalue weighted by Crippen LogP contribution is -2.20. The summed E-state index contributed by atoms with van der Waals surface area (Å²) in [5.74, 6) is -0.00757. The number of nitrogens with zero attached hydrogens (tertiary/aromatic N) is 2. The van der Waals surface area contributed by atoms with Crippen molar-refractivity contribution in [3.8, 4) is 5.88 Å². The maximum atomic E-state index is 12.6. The first-order chi connectivity index (χ1) is 12.2. The molecule has 0 saturated carbocycles. The smallest absolute Gasteiger partial charge is 0.262 e. The number of pyridine rings is 1. The minimum absolute atomic E-state index is 0.0777. The lowest BCUT2D eigenvalue weighted by molar-refractivity contribution is 0.101. The molecule has 3 aromatic rings. The molecule has 1 atom stereocenters. The van der Waals surface area contributed by atoms with Crippen LogP contribution in [0.5, 0.6) is 5.88 Å².